The molecule has 1 saturated heterocycles. The van der Waals surface area contributed by atoms with Gasteiger partial charge in [-0.15, -0.1) is 0 Å². The Hall–Kier alpha value is -2.44. The van der Waals surface area contributed by atoms with Gasteiger partial charge in [-0.25, -0.2) is 0 Å². The Balaban J connectivity index is 1.81. The molecule has 0 unspecified atom stereocenters. The van der Waals surface area contributed by atoms with Crippen LogP contribution in [0.1, 0.15) is 64.3 Å². The molecule has 3 heterocycles. The quantitative estimate of drug-likeness (QED) is 0.556. The summed E-state index contributed by atoms with van der Waals surface area (Å²) in [4.78, 5) is 7.56. The van der Waals surface area contributed by atoms with E-state index in [1.807, 2.05) is 6.20 Å². The first-order valence-corrected chi connectivity index (χ1v) is 11.7. The van der Waals surface area contributed by atoms with Crippen molar-refractivity contribution in [3.05, 3.63) is 41.2 Å². The number of rotatable bonds is 6. The van der Waals surface area contributed by atoms with Crippen molar-refractivity contribution in [2.45, 2.75) is 79.2 Å². The fourth-order valence-electron chi connectivity index (χ4n) is 4.79. The highest BCUT2D eigenvalue weighted by atomic mass is 16.5. The molecule has 6 heteroatoms. The van der Waals surface area contributed by atoms with Crippen LogP contribution < -0.4 is 4.74 Å². The molecule has 0 spiro atoms. The minimum Gasteiger partial charge on any atom is -0.491 e. The molecule has 2 atom stereocenters. The third kappa shape index (κ3) is 4.66. The molecular formula is C26H36N4O2. The molecule has 1 fully saturated rings. The van der Waals surface area contributed by atoms with E-state index in [1.54, 1.807) is 0 Å². The van der Waals surface area contributed by atoms with Crippen molar-refractivity contribution in [2.24, 2.45) is 0 Å². The van der Waals surface area contributed by atoms with E-state index in [0.717, 1.165) is 58.8 Å². The van der Waals surface area contributed by atoms with Gasteiger partial charge < -0.3 is 9.47 Å². The molecule has 0 amide bonds. The predicted molar refractivity (Wildman–Crippen MR) is 129 cm³/mol. The highest BCUT2D eigenvalue weighted by Crippen LogP contribution is 2.37. The maximum atomic E-state index is 6.36. The molecule has 3 aromatic rings. The number of aromatic nitrogens is 3. The van der Waals surface area contributed by atoms with Gasteiger partial charge in [0.1, 0.15) is 5.75 Å². The maximum absolute atomic E-state index is 6.36. The average molecular weight is 437 g/mol. The van der Waals surface area contributed by atoms with Gasteiger partial charge in [-0.05, 0) is 52.2 Å². The van der Waals surface area contributed by atoms with Crippen LogP contribution in [0.25, 0.3) is 22.2 Å². The summed E-state index contributed by atoms with van der Waals surface area (Å²) in [6.07, 6.45) is 2.45. The lowest BCUT2D eigenvalue weighted by atomic mass is 9.92. The minimum absolute atomic E-state index is 0.0835. The van der Waals surface area contributed by atoms with E-state index in [9.17, 15) is 0 Å². The smallest absolute Gasteiger partial charge is 0.128 e. The van der Waals surface area contributed by atoms with Gasteiger partial charge in [0.15, 0.2) is 0 Å². The molecule has 0 aliphatic carbocycles. The van der Waals surface area contributed by atoms with Gasteiger partial charge in [-0.3, -0.25) is 15.0 Å². The van der Waals surface area contributed by atoms with Crippen LogP contribution in [-0.4, -0.2) is 51.5 Å². The number of aryl methyl sites for hydroxylation is 1. The number of nitrogens with one attached hydrogen (secondary N) is 1. The summed E-state index contributed by atoms with van der Waals surface area (Å²) < 4.78 is 12.3. The van der Waals surface area contributed by atoms with Crippen molar-refractivity contribution < 1.29 is 9.47 Å². The SMILES string of the molecule is Cc1nc(-c2c(C(C)C)ccc3[nH]ncc23)cc(OC(C)C)c1CN1C[C@H](C)O[C@@H](C)C1. The van der Waals surface area contributed by atoms with E-state index in [4.69, 9.17) is 14.5 Å². The van der Waals surface area contributed by atoms with Gasteiger partial charge in [0.05, 0.1) is 35.7 Å². The molecule has 6 nitrogen and oxygen atoms in total. The second kappa shape index (κ2) is 9.20. The van der Waals surface area contributed by atoms with Crippen molar-refractivity contribution in [3.63, 3.8) is 0 Å². The monoisotopic (exact) mass is 436 g/mol. The zero-order chi connectivity index (χ0) is 23.0. The molecule has 2 aromatic heterocycles. The van der Waals surface area contributed by atoms with Gasteiger partial charge >= 0.3 is 0 Å². The highest BCUT2D eigenvalue weighted by molar-refractivity contribution is 5.95. The number of morpholine rings is 1. The van der Waals surface area contributed by atoms with E-state index in [0.29, 0.717) is 5.92 Å². The number of hydrogen-bond donors (Lipinski definition) is 1. The third-order valence-electron chi connectivity index (χ3n) is 6.06. The van der Waals surface area contributed by atoms with Crippen LogP contribution in [0.4, 0.5) is 0 Å². The van der Waals surface area contributed by atoms with Gasteiger partial charge in [0.25, 0.3) is 0 Å². The standard InChI is InChI=1S/C26H36N4O2/c1-15(2)20-8-9-23-21(11-27-29-23)26(20)24-10-25(31-16(3)4)22(19(7)28-24)14-30-12-17(5)32-18(6)13-30/h8-11,15-18H,12-14H2,1-7H3,(H,27,29)/t17-,18-/m0/s1. The zero-order valence-electron chi connectivity index (χ0n) is 20.4. The fraction of sp³-hybridized carbons (Fsp3) is 0.538. The first kappa shape index (κ1) is 22.7. The van der Waals surface area contributed by atoms with Crippen molar-refractivity contribution in [1.82, 2.24) is 20.1 Å². The largest absolute Gasteiger partial charge is 0.491 e. The zero-order valence-corrected chi connectivity index (χ0v) is 20.4. The number of aromatic amines is 1. The Bertz CT molecular complexity index is 1080. The Kier molecular flexibility index (Phi) is 6.54. The summed E-state index contributed by atoms with van der Waals surface area (Å²) in [5.41, 5.74) is 6.55. The Morgan fingerprint density at radius 3 is 2.53 bits per heavy atom. The first-order valence-electron chi connectivity index (χ1n) is 11.7. The van der Waals surface area contributed by atoms with Crippen LogP contribution in [-0.2, 0) is 11.3 Å². The summed E-state index contributed by atoms with van der Waals surface area (Å²) in [6.45, 7) is 17.6. The van der Waals surface area contributed by atoms with E-state index in [2.05, 4.69) is 81.8 Å². The number of H-pyrrole nitrogens is 1. The Morgan fingerprint density at radius 1 is 1.16 bits per heavy atom. The average Bonchev–Trinajstić information content (AvgIpc) is 3.17. The fourth-order valence-corrected chi connectivity index (χ4v) is 4.79. The van der Waals surface area contributed by atoms with Crippen LogP contribution in [0.5, 0.6) is 5.75 Å². The topological polar surface area (TPSA) is 63.3 Å². The lowest BCUT2D eigenvalue weighted by Gasteiger charge is -2.35. The van der Waals surface area contributed by atoms with Crippen LogP contribution in [0.2, 0.25) is 0 Å². The van der Waals surface area contributed by atoms with Crippen molar-refractivity contribution in [2.75, 3.05) is 13.1 Å². The Morgan fingerprint density at radius 2 is 1.88 bits per heavy atom. The molecular weight excluding hydrogens is 400 g/mol. The second-order valence-electron chi connectivity index (χ2n) is 9.70. The van der Waals surface area contributed by atoms with Crippen LogP contribution in [0.15, 0.2) is 24.4 Å². The van der Waals surface area contributed by atoms with E-state index >= 15 is 0 Å². The van der Waals surface area contributed by atoms with Gasteiger partial charge in [0.2, 0.25) is 0 Å². The molecule has 0 saturated carbocycles. The predicted octanol–water partition coefficient (Wildman–Crippen LogP) is 5.45. The molecule has 1 N–H and O–H groups in total. The van der Waals surface area contributed by atoms with E-state index in [-0.39, 0.29) is 18.3 Å². The van der Waals surface area contributed by atoms with Crippen molar-refractivity contribution in [1.29, 1.82) is 0 Å². The Labute approximate surface area is 191 Å². The number of ether oxygens (including phenoxy) is 2. The normalized spacial score (nSPS) is 19.9. The minimum atomic E-state index is 0.0835. The molecule has 1 aromatic carbocycles. The molecule has 1 aliphatic heterocycles. The maximum Gasteiger partial charge on any atom is 0.128 e. The lowest BCUT2D eigenvalue weighted by Crippen LogP contribution is -2.45. The third-order valence-corrected chi connectivity index (χ3v) is 6.06. The molecule has 0 bridgehead atoms. The number of nitrogens with zero attached hydrogens (tertiary/aromatic N) is 3. The summed E-state index contributed by atoms with van der Waals surface area (Å²) in [5, 5.41) is 8.49. The van der Waals surface area contributed by atoms with E-state index in [1.165, 1.54) is 5.56 Å². The van der Waals surface area contributed by atoms with Gasteiger partial charge in [-0.1, -0.05) is 19.9 Å². The van der Waals surface area contributed by atoms with E-state index < -0.39 is 0 Å². The molecule has 32 heavy (non-hydrogen) atoms. The molecule has 4 rings (SSSR count). The summed E-state index contributed by atoms with van der Waals surface area (Å²) >= 11 is 0. The molecule has 172 valence electrons. The summed E-state index contributed by atoms with van der Waals surface area (Å²) in [7, 11) is 0. The van der Waals surface area contributed by atoms with Gasteiger partial charge in [0, 0.05) is 47.9 Å². The number of hydrogen-bond acceptors (Lipinski definition) is 5. The van der Waals surface area contributed by atoms with Crippen LogP contribution >= 0.6 is 0 Å². The van der Waals surface area contributed by atoms with Gasteiger partial charge in [-0.2, -0.15) is 5.10 Å². The lowest BCUT2D eigenvalue weighted by molar-refractivity contribution is -0.0707. The number of pyridine rings is 1. The van der Waals surface area contributed by atoms with Crippen molar-refractivity contribution >= 4 is 10.9 Å². The second-order valence-corrected chi connectivity index (χ2v) is 9.70. The van der Waals surface area contributed by atoms with Crippen LogP contribution in [0.3, 0.4) is 0 Å². The summed E-state index contributed by atoms with van der Waals surface area (Å²) in [5.74, 6) is 1.29. The van der Waals surface area contributed by atoms with Crippen molar-refractivity contribution in [3.8, 4) is 17.0 Å². The number of fused-ring (bicyclic) bond motifs is 1. The molecule has 0 radical (unpaired) electrons. The number of benzene rings is 1. The molecule has 1 aliphatic rings. The first-order chi connectivity index (χ1) is 15.2. The summed E-state index contributed by atoms with van der Waals surface area (Å²) in [6, 6.07) is 6.42. The van der Waals surface area contributed by atoms with Crippen LogP contribution in [0, 0.1) is 6.92 Å². The highest BCUT2D eigenvalue weighted by Gasteiger charge is 2.25.